The third kappa shape index (κ3) is 6.59. The molecule has 1 fully saturated rings. The van der Waals surface area contributed by atoms with Crippen molar-refractivity contribution in [3.05, 3.63) is 96.1 Å². The minimum absolute atomic E-state index is 0.0123. The monoisotopic (exact) mass is 443 g/mol. The SMILES string of the molecule is O=C(Nc1ccccc1)NC1CCN(C(=O)COc2ccccc2Cc2ccccc2)CC1. The molecular formula is C27H29N3O3. The maximum Gasteiger partial charge on any atom is 0.319 e. The van der Waals surface area contributed by atoms with Crippen LogP contribution in [-0.4, -0.2) is 42.6 Å². The molecule has 1 aliphatic rings. The van der Waals surface area contributed by atoms with Crippen LogP contribution in [0.3, 0.4) is 0 Å². The van der Waals surface area contributed by atoms with Gasteiger partial charge in [0.15, 0.2) is 6.61 Å². The Labute approximate surface area is 194 Å². The molecular weight excluding hydrogens is 414 g/mol. The van der Waals surface area contributed by atoms with Crippen molar-refractivity contribution in [2.75, 3.05) is 25.0 Å². The lowest BCUT2D eigenvalue weighted by atomic mass is 10.0. The first kappa shape index (κ1) is 22.4. The van der Waals surface area contributed by atoms with E-state index in [-0.39, 0.29) is 24.6 Å². The maximum atomic E-state index is 12.7. The third-order valence-corrected chi connectivity index (χ3v) is 5.78. The molecule has 3 aromatic carbocycles. The number of nitrogens with one attached hydrogen (secondary N) is 2. The van der Waals surface area contributed by atoms with Crippen LogP contribution in [0.15, 0.2) is 84.9 Å². The molecule has 1 saturated heterocycles. The Kier molecular flexibility index (Phi) is 7.59. The summed E-state index contributed by atoms with van der Waals surface area (Å²) < 4.78 is 5.91. The highest BCUT2D eigenvalue weighted by atomic mass is 16.5. The van der Waals surface area contributed by atoms with Crippen molar-refractivity contribution in [3.8, 4) is 5.75 Å². The van der Waals surface area contributed by atoms with E-state index in [1.165, 1.54) is 5.56 Å². The van der Waals surface area contributed by atoms with Crippen molar-refractivity contribution in [2.45, 2.75) is 25.3 Å². The Morgan fingerprint density at radius 2 is 1.48 bits per heavy atom. The van der Waals surface area contributed by atoms with E-state index in [9.17, 15) is 9.59 Å². The van der Waals surface area contributed by atoms with Crippen molar-refractivity contribution in [3.63, 3.8) is 0 Å². The van der Waals surface area contributed by atoms with E-state index in [0.29, 0.717) is 13.1 Å². The van der Waals surface area contributed by atoms with Gasteiger partial charge in [-0.3, -0.25) is 4.79 Å². The number of urea groups is 1. The molecule has 3 aromatic rings. The second-order valence-electron chi connectivity index (χ2n) is 8.18. The lowest BCUT2D eigenvalue weighted by Crippen LogP contribution is -2.48. The number of para-hydroxylation sites is 2. The molecule has 3 amide bonds. The molecule has 0 atom stereocenters. The van der Waals surface area contributed by atoms with Gasteiger partial charge >= 0.3 is 6.03 Å². The fourth-order valence-electron chi connectivity index (χ4n) is 3.98. The summed E-state index contributed by atoms with van der Waals surface area (Å²) in [6.45, 7) is 1.21. The lowest BCUT2D eigenvalue weighted by Gasteiger charge is -2.32. The predicted molar refractivity (Wildman–Crippen MR) is 129 cm³/mol. The number of amides is 3. The van der Waals surface area contributed by atoms with Crippen molar-refractivity contribution in [1.82, 2.24) is 10.2 Å². The first-order chi connectivity index (χ1) is 16.2. The van der Waals surface area contributed by atoms with Crippen LogP contribution >= 0.6 is 0 Å². The highest BCUT2D eigenvalue weighted by molar-refractivity contribution is 5.89. The zero-order valence-corrected chi connectivity index (χ0v) is 18.6. The van der Waals surface area contributed by atoms with Gasteiger partial charge in [0.05, 0.1) is 0 Å². The molecule has 0 saturated carbocycles. The van der Waals surface area contributed by atoms with Gasteiger partial charge < -0.3 is 20.3 Å². The summed E-state index contributed by atoms with van der Waals surface area (Å²) in [4.78, 5) is 26.7. The molecule has 1 heterocycles. The van der Waals surface area contributed by atoms with E-state index in [4.69, 9.17) is 4.74 Å². The van der Waals surface area contributed by atoms with Gasteiger partial charge in [-0.05, 0) is 42.2 Å². The van der Waals surface area contributed by atoms with Crippen LogP contribution in [-0.2, 0) is 11.2 Å². The van der Waals surface area contributed by atoms with E-state index in [1.54, 1.807) is 0 Å². The standard InChI is InChI=1S/C27H29N3O3/c31-26(20-33-25-14-8-7-11-22(25)19-21-9-3-1-4-10-21)30-17-15-24(16-18-30)29-27(32)28-23-12-5-2-6-13-23/h1-14,24H,15-20H2,(H2,28,29,32). The first-order valence-corrected chi connectivity index (χ1v) is 11.3. The molecule has 2 N–H and O–H groups in total. The topological polar surface area (TPSA) is 70.7 Å². The van der Waals surface area contributed by atoms with Gasteiger partial charge in [0.1, 0.15) is 5.75 Å². The van der Waals surface area contributed by atoms with E-state index >= 15 is 0 Å². The van der Waals surface area contributed by atoms with E-state index in [0.717, 1.165) is 36.3 Å². The Balaban J connectivity index is 1.23. The van der Waals surface area contributed by atoms with Gasteiger partial charge in [-0.2, -0.15) is 0 Å². The number of anilines is 1. The van der Waals surface area contributed by atoms with Crippen LogP contribution in [0.4, 0.5) is 10.5 Å². The summed E-state index contributed by atoms with van der Waals surface area (Å²) >= 11 is 0. The molecule has 0 bridgehead atoms. The Hall–Kier alpha value is -3.80. The number of nitrogens with zero attached hydrogens (tertiary/aromatic N) is 1. The highest BCUT2D eigenvalue weighted by Gasteiger charge is 2.24. The highest BCUT2D eigenvalue weighted by Crippen LogP contribution is 2.22. The van der Waals surface area contributed by atoms with Crippen molar-refractivity contribution in [2.24, 2.45) is 0 Å². The van der Waals surface area contributed by atoms with Crippen molar-refractivity contribution < 1.29 is 14.3 Å². The Bertz CT molecular complexity index is 1050. The molecule has 0 spiro atoms. The molecule has 1 aliphatic heterocycles. The number of carbonyl (C=O) groups is 2. The van der Waals surface area contributed by atoms with Gasteiger partial charge in [-0.1, -0.05) is 66.7 Å². The number of hydrogen-bond donors (Lipinski definition) is 2. The summed E-state index contributed by atoms with van der Waals surface area (Å²) in [5.74, 6) is 0.709. The maximum absolute atomic E-state index is 12.7. The van der Waals surface area contributed by atoms with E-state index in [1.807, 2.05) is 77.7 Å². The van der Waals surface area contributed by atoms with Gasteiger partial charge in [-0.25, -0.2) is 4.79 Å². The number of benzene rings is 3. The zero-order valence-electron chi connectivity index (χ0n) is 18.6. The molecule has 170 valence electrons. The van der Waals surface area contributed by atoms with Crippen molar-refractivity contribution in [1.29, 1.82) is 0 Å². The fourth-order valence-corrected chi connectivity index (χ4v) is 3.98. The van der Waals surface area contributed by atoms with Crippen LogP contribution in [0.2, 0.25) is 0 Å². The van der Waals surface area contributed by atoms with Gasteiger partial charge in [0.25, 0.3) is 5.91 Å². The van der Waals surface area contributed by atoms with Gasteiger partial charge in [0.2, 0.25) is 0 Å². The molecule has 0 unspecified atom stereocenters. The Morgan fingerprint density at radius 1 is 0.848 bits per heavy atom. The molecule has 0 aromatic heterocycles. The summed E-state index contributed by atoms with van der Waals surface area (Å²) in [6, 6.07) is 27.2. The average molecular weight is 444 g/mol. The van der Waals surface area contributed by atoms with Gasteiger partial charge in [-0.15, -0.1) is 0 Å². The minimum atomic E-state index is -0.218. The van der Waals surface area contributed by atoms with E-state index in [2.05, 4.69) is 22.8 Å². The average Bonchev–Trinajstić information content (AvgIpc) is 2.85. The molecule has 33 heavy (non-hydrogen) atoms. The molecule has 6 heteroatoms. The molecule has 0 aliphatic carbocycles. The summed E-state index contributed by atoms with van der Waals surface area (Å²) in [6.07, 6.45) is 2.20. The fraction of sp³-hybridized carbons (Fsp3) is 0.259. The van der Waals surface area contributed by atoms with Crippen LogP contribution in [0, 0.1) is 0 Å². The van der Waals surface area contributed by atoms with Crippen LogP contribution in [0.25, 0.3) is 0 Å². The molecule has 0 radical (unpaired) electrons. The third-order valence-electron chi connectivity index (χ3n) is 5.78. The Morgan fingerprint density at radius 3 is 2.21 bits per heavy atom. The summed E-state index contributed by atoms with van der Waals surface area (Å²) in [5.41, 5.74) is 3.02. The first-order valence-electron chi connectivity index (χ1n) is 11.3. The number of piperidine rings is 1. The molecule has 6 nitrogen and oxygen atoms in total. The normalized spacial score (nSPS) is 13.9. The van der Waals surface area contributed by atoms with Crippen LogP contribution in [0.1, 0.15) is 24.0 Å². The number of hydrogen-bond acceptors (Lipinski definition) is 3. The van der Waals surface area contributed by atoms with Crippen LogP contribution < -0.4 is 15.4 Å². The summed E-state index contributed by atoms with van der Waals surface area (Å²) in [7, 11) is 0. The largest absolute Gasteiger partial charge is 0.483 e. The number of rotatable bonds is 7. The minimum Gasteiger partial charge on any atom is -0.483 e. The van der Waals surface area contributed by atoms with Gasteiger partial charge in [0, 0.05) is 31.2 Å². The second-order valence-corrected chi connectivity index (χ2v) is 8.18. The number of carbonyl (C=O) groups excluding carboxylic acids is 2. The number of likely N-dealkylation sites (tertiary alicyclic amines) is 1. The zero-order chi connectivity index (χ0) is 22.9. The lowest BCUT2D eigenvalue weighted by molar-refractivity contribution is -0.134. The molecule has 4 rings (SSSR count). The summed E-state index contributed by atoms with van der Waals surface area (Å²) in [5, 5.41) is 5.83. The smallest absolute Gasteiger partial charge is 0.319 e. The number of ether oxygens (including phenoxy) is 1. The van der Waals surface area contributed by atoms with Crippen molar-refractivity contribution >= 4 is 17.6 Å². The van der Waals surface area contributed by atoms with Crippen LogP contribution in [0.5, 0.6) is 5.75 Å². The second kappa shape index (κ2) is 11.2. The quantitative estimate of drug-likeness (QED) is 0.566. The van der Waals surface area contributed by atoms with E-state index < -0.39 is 0 Å². The predicted octanol–water partition coefficient (Wildman–Crippen LogP) is 4.47.